The molecule has 0 amide bonds. The molecule has 0 heterocycles. The van der Waals surface area contributed by atoms with Crippen molar-refractivity contribution in [1.29, 1.82) is 0 Å². The summed E-state index contributed by atoms with van der Waals surface area (Å²) in [5.41, 5.74) is 2.66. The molecule has 4 atom stereocenters. The lowest BCUT2D eigenvalue weighted by atomic mass is 10.0. The summed E-state index contributed by atoms with van der Waals surface area (Å²) in [5.74, 6) is 4.20. The summed E-state index contributed by atoms with van der Waals surface area (Å²) in [7, 11) is 1.75. The lowest BCUT2D eigenvalue weighted by Gasteiger charge is -2.11. The molecule has 3 aliphatic carbocycles. The summed E-state index contributed by atoms with van der Waals surface area (Å²) in [4.78, 5) is 0. The Kier molecular flexibility index (Phi) is 2.89. The summed E-state index contributed by atoms with van der Waals surface area (Å²) in [6, 6.07) is 9.66. The average Bonchev–Trinajstić information content (AvgIpc) is 2.82. The first-order chi connectivity index (χ1) is 9.36. The highest BCUT2D eigenvalue weighted by Crippen LogP contribution is 2.65. The van der Waals surface area contributed by atoms with Gasteiger partial charge in [-0.15, -0.1) is 0 Å². The van der Waals surface area contributed by atoms with Crippen LogP contribution in [0.3, 0.4) is 0 Å². The number of hydrogen-bond donors (Lipinski definition) is 1. The van der Waals surface area contributed by atoms with E-state index in [1.54, 1.807) is 13.5 Å². The third-order valence-electron chi connectivity index (χ3n) is 5.61. The summed E-state index contributed by atoms with van der Waals surface area (Å²) in [6.07, 6.45) is 4.56. The highest BCUT2D eigenvalue weighted by atomic mass is 16.5. The van der Waals surface area contributed by atoms with Crippen LogP contribution < -0.4 is 5.32 Å². The first kappa shape index (κ1) is 11.9. The SMILES string of the molecule is COCc1ccc(CNC2C3C4CCC(C4)C23)cc1. The summed E-state index contributed by atoms with van der Waals surface area (Å²) < 4.78 is 5.14. The van der Waals surface area contributed by atoms with Crippen LogP contribution in [-0.2, 0) is 17.9 Å². The lowest BCUT2D eigenvalue weighted by molar-refractivity contribution is 0.185. The number of nitrogens with one attached hydrogen (secondary N) is 1. The predicted octanol–water partition coefficient (Wildman–Crippen LogP) is 2.97. The maximum atomic E-state index is 5.14. The molecule has 0 spiro atoms. The van der Waals surface area contributed by atoms with E-state index in [0.29, 0.717) is 6.61 Å². The van der Waals surface area contributed by atoms with Gasteiger partial charge in [-0.3, -0.25) is 0 Å². The van der Waals surface area contributed by atoms with Gasteiger partial charge in [0.25, 0.3) is 0 Å². The van der Waals surface area contributed by atoms with Gasteiger partial charge in [0.2, 0.25) is 0 Å². The van der Waals surface area contributed by atoms with Crippen LogP contribution >= 0.6 is 0 Å². The van der Waals surface area contributed by atoms with Gasteiger partial charge in [0.1, 0.15) is 0 Å². The Morgan fingerprint density at radius 1 is 1.05 bits per heavy atom. The van der Waals surface area contributed by atoms with Crippen molar-refractivity contribution < 1.29 is 4.74 Å². The fourth-order valence-corrected chi connectivity index (χ4v) is 4.75. The Labute approximate surface area is 115 Å². The standard InChI is InChI=1S/C17H23NO/c1-19-10-12-4-2-11(3-5-12)9-18-17-15-13-6-7-14(8-13)16(15)17/h2-5,13-18H,6-10H2,1H3. The number of fused-ring (bicyclic) bond motifs is 5. The van der Waals surface area contributed by atoms with Crippen LogP contribution in [-0.4, -0.2) is 13.2 Å². The third-order valence-corrected chi connectivity index (χ3v) is 5.61. The maximum Gasteiger partial charge on any atom is 0.0713 e. The number of rotatable bonds is 5. The van der Waals surface area contributed by atoms with Crippen LogP contribution in [0.5, 0.6) is 0 Å². The van der Waals surface area contributed by atoms with Gasteiger partial charge in [-0.25, -0.2) is 0 Å². The Morgan fingerprint density at radius 2 is 1.68 bits per heavy atom. The topological polar surface area (TPSA) is 21.3 Å². The molecular weight excluding hydrogens is 234 g/mol. The molecule has 4 unspecified atom stereocenters. The van der Waals surface area contributed by atoms with Gasteiger partial charge in [-0.05, 0) is 54.1 Å². The van der Waals surface area contributed by atoms with Crippen molar-refractivity contribution >= 4 is 0 Å². The van der Waals surface area contributed by atoms with Crippen LogP contribution in [0.15, 0.2) is 24.3 Å². The first-order valence-corrected chi connectivity index (χ1v) is 7.67. The minimum Gasteiger partial charge on any atom is -0.380 e. The van der Waals surface area contributed by atoms with Crippen LogP contribution in [0.2, 0.25) is 0 Å². The minimum absolute atomic E-state index is 0.712. The molecule has 1 N–H and O–H groups in total. The van der Waals surface area contributed by atoms with Gasteiger partial charge in [0, 0.05) is 19.7 Å². The van der Waals surface area contributed by atoms with Crippen molar-refractivity contribution in [3.63, 3.8) is 0 Å². The van der Waals surface area contributed by atoms with Gasteiger partial charge < -0.3 is 10.1 Å². The minimum atomic E-state index is 0.712. The van der Waals surface area contributed by atoms with Crippen molar-refractivity contribution in [3.8, 4) is 0 Å². The predicted molar refractivity (Wildman–Crippen MR) is 75.6 cm³/mol. The quantitative estimate of drug-likeness (QED) is 0.875. The smallest absolute Gasteiger partial charge is 0.0713 e. The fourth-order valence-electron chi connectivity index (χ4n) is 4.75. The summed E-state index contributed by atoms with van der Waals surface area (Å²) >= 11 is 0. The average molecular weight is 257 g/mol. The van der Waals surface area contributed by atoms with Gasteiger partial charge in [0.15, 0.2) is 0 Å². The molecule has 0 aliphatic heterocycles. The van der Waals surface area contributed by atoms with E-state index in [-0.39, 0.29) is 0 Å². The van der Waals surface area contributed by atoms with Gasteiger partial charge in [-0.1, -0.05) is 24.3 Å². The van der Waals surface area contributed by atoms with Gasteiger partial charge >= 0.3 is 0 Å². The van der Waals surface area contributed by atoms with Crippen molar-refractivity contribution in [2.24, 2.45) is 23.7 Å². The fraction of sp³-hybridized carbons (Fsp3) is 0.647. The molecule has 2 bridgehead atoms. The third kappa shape index (κ3) is 2.02. The molecule has 0 aromatic heterocycles. The van der Waals surface area contributed by atoms with Crippen molar-refractivity contribution in [3.05, 3.63) is 35.4 Å². The maximum absolute atomic E-state index is 5.14. The van der Waals surface area contributed by atoms with E-state index in [9.17, 15) is 0 Å². The molecule has 0 saturated heterocycles. The molecular formula is C17H23NO. The van der Waals surface area contributed by atoms with Crippen molar-refractivity contribution in [1.82, 2.24) is 5.32 Å². The van der Waals surface area contributed by atoms with Crippen LogP contribution in [0.4, 0.5) is 0 Å². The molecule has 3 aliphatic rings. The second-order valence-corrected chi connectivity index (χ2v) is 6.64. The number of ether oxygens (including phenoxy) is 1. The second kappa shape index (κ2) is 4.60. The molecule has 4 rings (SSSR count). The van der Waals surface area contributed by atoms with Gasteiger partial charge in [-0.2, -0.15) is 0 Å². The number of hydrogen-bond acceptors (Lipinski definition) is 2. The van der Waals surface area contributed by atoms with E-state index in [1.165, 1.54) is 24.0 Å². The molecule has 0 radical (unpaired) electrons. The highest BCUT2D eigenvalue weighted by molar-refractivity contribution is 5.23. The van der Waals surface area contributed by atoms with E-state index in [4.69, 9.17) is 4.74 Å². The monoisotopic (exact) mass is 257 g/mol. The highest BCUT2D eigenvalue weighted by Gasteiger charge is 2.64. The Morgan fingerprint density at radius 3 is 2.32 bits per heavy atom. The zero-order valence-corrected chi connectivity index (χ0v) is 11.6. The molecule has 3 saturated carbocycles. The zero-order chi connectivity index (χ0) is 12.8. The molecule has 1 aromatic carbocycles. The first-order valence-electron chi connectivity index (χ1n) is 7.67. The number of benzene rings is 1. The number of methoxy groups -OCH3 is 1. The van der Waals surface area contributed by atoms with Crippen LogP contribution in [0, 0.1) is 23.7 Å². The lowest BCUT2D eigenvalue weighted by Crippen LogP contribution is -2.22. The van der Waals surface area contributed by atoms with Crippen molar-refractivity contribution in [2.75, 3.05) is 7.11 Å². The van der Waals surface area contributed by atoms with Gasteiger partial charge in [0.05, 0.1) is 6.61 Å². The molecule has 3 fully saturated rings. The van der Waals surface area contributed by atoms with E-state index >= 15 is 0 Å². The Bertz CT molecular complexity index is 439. The molecule has 102 valence electrons. The van der Waals surface area contributed by atoms with E-state index in [0.717, 1.165) is 36.3 Å². The molecule has 1 aromatic rings. The second-order valence-electron chi connectivity index (χ2n) is 6.64. The Hall–Kier alpha value is -0.860. The Balaban J connectivity index is 1.31. The molecule has 2 nitrogen and oxygen atoms in total. The van der Waals surface area contributed by atoms with Crippen LogP contribution in [0.25, 0.3) is 0 Å². The normalized spacial score (nSPS) is 38.5. The van der Waals surface area contributed by atoms with Crippen molar-refractivity contribution in [2.45, 2.75) is 38.5 Å². The molecule has 2 heteroatoms. The zero-order valence-electron chi connectivity index (χ0n) is 11.6. The van der Waals surface area contributed by atoms with Crippen LogP contribution in [0.1, 0.15) is 30.4 Å². The summed E-state index contributed by atoms with van der Waals surface area (Å²) in [6.45, 7) is 1.74. The summed E-state index contributed by atoms with van der Waals surface area (Å²) in [5, 5.41) is 3.80. The molecule has 19 heavy (non-hydrogen) atoms. The van der Waals surface area contributed by atoms with E-state index in [2.05, 4.69) is 29.6 Å². The largest absolute Gasteiger partial charge is 0.380 e. The van der Waals surface area contributed by atoms with E-state index in [1.807, 2.05) is 0 Å². The van der Waals surface area contributed by atoms with E-state index < -0.39 is 0 Å².